The molecule has 7 aromatic carbocycles. The van der Waals surface area contributed by atoms with Crippen molar-refractivity contribution in [2.24, 2.45) is 0 Å². The predicted octanol–water partition coefficient (Wildman–Crippen LogP) is -3.98. The molecule has 0 aliphatic carbocycles. The van der Waals surface area contributed by atoms with Crippen molar-refractivity contribution in [3.63, 3.8) is 0 Å². The molecule has 0 bridgehead atoms. The zero-order valence-corrected chi connectivity index (χ0v) is 71.4. The first kappa shape index (κ1) is 108. The van der Waals surface area contributed by atoms with E-state index in [-0.39, 0.29) is 248 Å². The quantitative estimate of drug-likeness (QED) is 0.00618. The SMILES string of the molecule is CO.COC(=O)c1ccc(O)cc1.COS(=O)(=O)c1ccc(C)cc1.COc1ccc(C(=O)O)cc1.COc1ccc(C(=O)Oc2ccc(C=CC(=O)O)cc2)cc1.Cc1ccc(S(=O)(=O)OCl)cc1.O=C(O)C=Cc1ccc(O)cc1.O=CO[O-].O=CO[O-].O=S(Cl)Cl.[H-].[H-].[K+].[K+].[K+].[K+]. The fourth-order valence-electron chi connectivity index (χ4n) is 5.45. The number of ether oxygens (including phenoxy) is 4. The van der Waals surface area contributed by atoms with E-state index >= 15 is 0 Å². The fourth-order valence-corrected chi connectivity index (χ4v) is 6.87. The number of aryl methyl sites for hydroxylation is 2. The molecule has 0 aliphatic heterocycles. The van der Waals surface area contributed by atoms with Crippen molar-refractivity contribution < 1.29 is 341 Å². The summed E-state index contributed by atoms with van der Waals surface area (Å²) in [5.74, 6) is -1.79. The number of aliphatic hydroxyl groups excluding tert-OH is 1. The van der Waals surface area contributed by atoms with Crippen LogP contribution >= 0.6 is 33.2 Å². The number of aliphatic carboxylic acids is 2. The van der Waals surface area contributed by atoms with E-state index < -0.39 is 59.3 Å². The van der Waals surface area contributed by atoms with E-state index in [0.717, 1.165) is 43.1 Å². The molecule has 0 fully saturated rings. The van der Waals surface area contributed by atoms with Gasteiger partial charge in [-0.25, -0.2) is 28.2 Å². The van der Waals surface area contributed by atoms with Gasteiger partial charge in [-0.1, -0.05) is 59.7 Å². The van der Waals surface area contributed by atoms with E-state index in [0.29, 0.717) is 33.9 Å². The Bertz CT molecular complexity index is 3580. The number of phenolic OH excluding ortho intramolecular Hbond substituents is 2. The first-order chi connectivity index (χ1) is 44.4. The van der Waals surface area contributed by atoms with E-state index in [2.05, 4.69) is 43.8 Å². The van der Waals surface area contributed by atoms with E-state index in [1.165, 1.54) is 99.2 Å². The summed E-state index contributed by atoms with van der Waals surface area (Å²) in [6.07, 6.45) is 5.00. The molecule has 6 N–H and O–H groups in total. The van der Waals surface area contributed by atoms with Crippen molar-refractivity contribution in [2.45, 2.75) is 23.6 Å². The van der Waals surface area contributed by atoms with Gasteiger partial charge in [0.15, 0.2) is 0 Å². The van der Waals surface area contributed by atoms with Crippen LogP contribution in [0.2, 0.25) is 0 Å². The van der Waals surface area contributed by atoms with Gasteiger partial charge in [-0.15, -0.1) is 0 Å². The Balaban J connectivity index is -0.000000137. The minimum Gasteiger partial charge on any atom is -1.00 e. The van der Waals surface area contributed by atoms with Crippen LogP contribution in [0.5, 0.6) is 28.7 Å². The number of carboxylic acid groups (broad SMARTS) is 3. The van der Waals surface area contributed by atoms with Gasteiger partial charge in [-0.3, -0.25) is 13.8 Å². The van der Waals surface area contributed by atoms with Gasteiger partial charge in [0.1, 0.15) is 28.7 Å². The Labute approximate surface area is 754 Å². The number of aliphatic hydroxyl groups is 1. The molecule has 28 nitrogen and oxygen atoms in total. The number of rotatable bonds is 16. The standard InChI is InChI=1S/C17H14O5.C9H8O3.C8H10O3S.2C8H8O3.C7H7ClO3S.2CH2O3.CH4O.Cl2OS.4K.2H/c1-21-14-9-5-13(6-10-14)17(20)22-15-7-2-12(3-8-15)4-11-16(18)19;10-8-4-1-7(2-5-8)3-6-9(11)12;1-7-3-5-8(6-4-7)12(9,10)11-2;1-11-7-4-2-6(3-5-7)8(9)10;1-11-8(10)6-2-4-7(9)5-3-6;1-6-2-4-7(5-3-6)12(9,10)11-8;2*2-1-4-3;1-2;1-4(2)3;;;;;;/h2-11H,1H3,(H,18,19);1-6,10H,(H,11,12);3-6H,1-2H3;2-5H,1H3,(H,9,10);2-5,9H,1H3;2-5H,1H3;2*1,3H;2H,1H3;;;;;;;/q;;;;;;;;;;4*+1;2*-1/p-2. The molecule has 0 aliphatic rings. The zero-order valence-electron chi connectivity index (χ0n) is 56.2. The van der Waals surface area contributed by atoms with Crippen molar-refractivity contribution in [3.8, 4) is 28.7 Å². The first-order valence-electron chi connectivity index (χ1n) is 24.9. The number of halogens is 3. The second-order valence-corrected chi connectivity index (χ2v) is 22.1. The molecule has 38 heteroatoms. The third-order valence-corrected chi connectivity index (χ3v) is 12.6. The first-order valence-corrected chi connectivity index (χ1v) is 30.8. The molecule has 0 heterocycles. The van der Waals surface area contributed by atoms with Gasteiger partial charge in [-0.05, 0) is 158 Å². The molecule has 0 saturated heterocycles. The van der Waals surface area contributed by atoms with Gasteiger partial charge >= 0.3 is 246 Å². The Morgan fingerprint density at radius 3 is 1.05 bits per heavy atom. The maximum atomic E-state index is 12.0. The number of carbonyl (C=O) groups excluding carboxylic acids is 4. The molecular weight excluding hydrogens is 1530 g/mol. The van der Waals surface area contributed by atoms with Gasteiger partial charge in [-0.2, -0.15) is 20.6 Å². The van der Waals surface area contributed by atoms with Gasteiger partial charge in [0, 0.05) is 40.6 Å². The number of esters is 2. The molecular formula is C60H63Cl3K4O28S3. The summed E-state index contributed by atoms with van der Waals surface area (Å²) in [5.41, 5.74) is 4.56. The van der Waals surface area contributed by atoms with Crippen LogP contribution in [0.1, 0.15) is 56.2 Å². The summed E-state index contributed by atoms with van der Waals surface area (Å²) in [6, 6.07) is 44.2. The van der Waals surface area contributed by atoms with Gasteiger partial charge in [0.2, 0.25) is 9.23 Å². The second-order valence-electron chi connectivity index (χ2n) is 16.0. The summed E-state index contributed by atoms with van der Waals surface area (Å²) < 4.78 is 80.9. The van der Waals surface area contributed by atoms with Crippen molar-refractivity contribution >= 4 is 118 Å². The zero-order chi connectivity index (χ0) is 72.2. The number of carboxylic acids is 3. The van der Waals surface area contributed by atoms with Crippen LogP contribution in [-0.4, -0.2) is 130 Å². The summed E-state index contributed by atoms with van der Waals surface area (Å²) in [4.78, 5) is 76.4. The molecule has 0 unspecified atom stereocenters. The number of methoxy groups -OCH3 is 3. The Morgan fingerprint density at radius 2 is 0.765 bits per heavy atom. The summed E-state index contributed by atoms with van der Waals surface area (Å²) in [6.45, 7) is 3.39. The number of hydrogen-bond donors (Lipinski definition) is 6. The molecule has 7 aromatic rings. The van der Waals surface area contributed by atoms with Crippen LogP contribution in [0.4, 0.5) is 0 Å². The molecule has 0 radical (unpaired) electrons. The van der Waals surface area contributed by atoms with Crippen LogP contribution in [0.25, 0.3) is 12.2 Å². The average Bonchev–Trinajstić information content (AvgIpc) is 0.872. The van der Waals surface area contributed by atoms with E-state index in [4.69, 9.17) is 81.0 Å². The van der Waals surface area contributed by atoms with Crippen molar-refractivity contribution in [1.82, 2.24) is 0 Å². The van der Waals surface area contributed by atoms with Gasteiger partial charge < -0.3 is 72.7 Å². The normalized spacial score (nSPS) is 9.33. The summed E-state index contributed by atoms with van der Waals surface area (Å²) in [5, 5.41) is 67.0. The topological polar surface area (TPSA) is 446 Å². The van der Waals surface area contributed by atoms with Crippen LogP contribution in [0, 0.1) is 13.8 Å². The van der Waals surface area contributed by atoms with Crippen LogP contribution in [0.3, 0.4) is 0 Å². The molecule has 0 aromatic heterocycles. The minimum atomic E-state index is -3.75. The monoisotopic (exact) mass is 1590 g/mol. The molecule has 0 amide bonds. The van der Waals surface area contributed by atoms with Crippen molar-refractivity contribution in [2.75, 3.05) is 35.5 Å². The number of phenols is 2. The second kappa shape index (κ2) is 65.8. The molecule has 0 saturated carbocycles. The maximum absolute atomic E-state index is 12.0. The predicted molar refractivity (Wildman–Crippen MR) is 340 cm³/mol. The number of carbonyl (C=O) groups is 7. The smallest absolute Gasteiger partial charge is 1.00 e. The minimum absolute atomic E-state index is 0. The maximum Gasteiger partial charge on any atom is 1.00 e. The molecule has 0 spiro atoms. The van der Waals surface area contributed by atoms with E-state index in [1.54, 1.807) is 104 Å². The third-order valence-electron chi connectivity index (χ3n) is 9.77. The van der Waals surface area contributed by atoms with E-state index in [1.807, 2.05) is 13.8 Å². The number of aromatic carboxylic acids is 1. The van der Waals surface area contributed by atoms with Crippen LogP contribution in [0.15, 0.2) is 192 Å². The summed E-state index contributed by atoms with van der Waals surface area (Å²) >= 11 is 4.78. The van der Waals surface area contributed by atoms with Crippen molar-refractivity contribution in [1.29, 1.82) is 0 Å². The van der Waals surface area contributed by atoms with Crippen LogP contribution in [-0.2, 0) is 71.1 Å². The Morgan fingerprint density at radius 1 is 0.480 bits per heavy atom. The van der Waals surface area contributed by atoms with Gasteiger partial charge in [0.05, 0.1) is 66.8 Å². The number of benzene rings is 7. The molecule has 514 valence electrons. The largest absolute Gasteiger partial charge is 1.00 e. The van der Waals surface area contributed by atoms with E-state index in [9.17, 15) is 40.8 Å². The van der Waals surface area contributed by atoms with Crippen LogP contribution < -0.4 is 230 Å². The number of hydrogen-bond acceptors (Lipinski definition) is 25. The van der Waals surface area contributed by atoms with Crippen molar-refractivity contribution in [3.05, 3.63) is 221 Å². The fraction of sp³-hybridized carbons (Fsp3) is 0.117. The van der Waals surface area contributed by atoms with Gasteiger partial charge in [0.25, 0.3) is 23.1 Å². The average molecular weight is 1590 g/mol. The molecule has 7 rings (SSSR count). The third kappa shape index (κ3) is 55.4. The number of aromatic hydroxyl groups is 2. The molecule has 98 heavy (non-hydrogen) atoms. The Kier molecular flexibility index (Phi) is 72.6. The molecule has 0 atom stereocenters. The summed E-state index contributed by atoms with van der Waals surface area (Å²) in [7, 11) is 6.64. The Hall–Kier alpha value is -3.22.